The molecule has 0 N–H and O–H groups in total. The first-order valence-corrected chi connectivity index (χ1v) is 9.17. The van der Waals surface area contributed by atoms with Gasteiger partial charge in [0.15, 0.2) is 5.78 Å². The quantitative estimate of drug-likeness (QED) is 0.588. The predicted octanol–water partition coefficient (Wildman–Crippen LogP) is 4.88. The number of fused-ring (bicyclic) bond motifs is 1. The topological polar surface area (TPSA) is 20.3 Å². The summed E-state index contributed by atoms with van der Waals surface area (Å²) in [6, 6.07) is 18.1. The van der Waals surface area contributed by atoms with E-state index in [0.29, 0.717) is 0 Å². The van der Waals surface area contributed by atoms with Gasteiger partial charge in [0.05, 0.1) is 0 Å². The van der Waals surface area contributed by atoms with Gasteiger partial charge in [-0.1, -0.05) is 54.6 Å². The lowest BCUT2D eigenvalue weighted by molar-refractivity contribution is 0.104. The monoisotopic (exact) mass is 329 g/mol. The van der Waals surface area contributed by atoms with Crippen LogP contribution in [0.4, 0.5) is 0 Å². The highest BCUT2D eigenvalue weighted by molar-refractivity contribution is 6.06. The second-order valence-electron chi connectivity index (χ2n) is 6.81. The maximum atomic E-state index is 12.5. The van der Waals surface area contributed by atoms with Crippen LogP contribution in [0, 0.1) is 0 Å². The van der Waals surface area contributed by atoms with Gasteiger partial charge >= 0.3 is 0 Å². The molecule has 1 saturated heterocycles. The molecule has 0 unspecified atom stereocenters. The molecule has 126 valence electrons. The van der Waals surface area contributed by atoms with E-state index in [1.165, 1.54) is 41.7 Å². The molecule has 4 rings (SSSR count). The fraction of sp³-hybridized carbons (Fsp3) is 0.261. The zero-order valence-electron chi connectivity index (χ0n) is 14.4. The molecule has 2 aromatic rings. The number of nitrogens with zero attached hydrogens (tertiary/aromatic N) is 1. The number of piperidine rings is 1. The molecule has 1 fully saturated rings. The van der Waals surface area contributed by atoms with Crippen molar-refractivity contribution < 1.29 is 4.79 Å². The number of allylic oxidation sites excluding steroid dienone is 4. The lowest BCUT2D eigenvalue weighted by Crippen LogP contribution is -2.29. The molecule has 25 heavy (non-hydrogen) atoms. The minimum Gasteiger partial charge on any atom is -0.374 e. The average Bonchev–Trinajstić information content (AvgIpc) is 3.06. The van der Waals surface area contributed by atoms with Crippen molar-refractivity contribution in [3.8, 4) is 0 Å². The lowest BCUT2D eigenvalue weighted by atomic mass is 10.0. The standard InChI is InChI=1S/C23H23NO/c25-23(18-9-3-1-4-10-18)14-13-21-20-12-6-5-11-19(20)17-22(21)24-15-7-2-8-16-24/h1,3-6,9-14H,2,7-8,15-17H2. The van der Waals surface area contributed by atoms with Crippen LogP contribution >= 0.6 is 0 Å². The highest BCUT2D eigenvalue weighted by Gasteiger charge is 2.24. The predicted molar refractivity (Wildman–Crippen MR) is 102 cm³/mol. The van der Waals surface area contributed by atoms with E-state index in [9.17, 15) is 4.79 Å². The van der Waals surface area contributed by atoms with Crippen LogP contribution < -0.4 is 0 Å². The first-order chi connectivity index (χ1) is 12.3. The normalized spacial score (nSPS) is 17.2. The molecule has 0 radical (unpaired) electrons. The number of carbonyl (C=O) groups is 1. The van der Waals surface area contributed by atoms with Gasteiger partial charge in [0.1, 0.15) is 0 Å². The van der Waals surface area contributed by atoms with E-state index in [2.05, 4.69) is 29.2 Å². The highest BCUT2D eigenvalue weighted by Crippen LogP contribution is 2.36. The van der Waals surface area contributed by atoms with Crippen LogP contribution in [-0.2, 0) is 6.42 Å². The van der Waals surface area contributed by atoms with Crippen LogP contribution in [-0.4, -0.2) is 23.8 Å². The number of carbonyl (C=O) groups excluding carboxylic acids is 1. The van der Waals surface area contributed by atoms with Crippen LogP contribution in [0.5, 0.6) is 0 Å². The largest absolute Gasteiger partial charge is 0.374 e. The minimum absolute atomic E-state index is 0.0653. The fourth-order valence-corrected chi connectivity index (χ4v) is 3.86. The first-order valence-electron chi connectivity index (χ1n) is 9.17. The molecule has 1 aliphatic carbocycles. The highest BCUT2D eigenvalue weighted by atomic mass is 16.1. The van der Waals surface area contributed by atoms with Gasteiger partial charge in [-0.2, -0.15) is 0 Å². The Morgan fingerprint density at radius 2 is 1.60 bits per heavy atom. The van der Waals surface area contributed by atoms with Crippen LogP contribution in [0.15, 0.2) is 72.4 Å². The summed E-state index contributed by atoms with van der Waals surface area (Å²) in [5.41, 5.74) is 6.00. The molecule has 0 saturated carbocycles. The van der Waals surface area contributed by atoms with Crippen molar-refractivity contribution in [1.82, 2.24) is 4.90 Å². The smallest absolute Gasteiger partial charge is 0.185 e. The van der Waals surface area contributed by atoms with E-state index >= 15 is 0 Å². The van der Waals surface area contributed by atoms with E-state index in [-0.39, 0.29) is 5.78 Å². The maximum absolute atomic E-state index is 12.5. The Balaban J connectivity index is 1.67. The molecule has 0 bridgehead atoms. The summed E-state index contributed by atoms with van der Waals surface area (Å²) in [6.07, 6.45) is 8.60. The van der Waals surface area contributed by atoms with Gasteiger partial charge in [-0.15, -0.1) is 0 Å². The zero-order chi connectivity index (χ0) is 17.1. The molecular formula is C23H23NO. The molecule has 2 aliphatic rings. The maximum Gasteiger partial charge on any atom is 0.185 e. The number of hydrogen-bond donors (Lipinski definition) is 0. The minimum atomic E-state index is 0.0653. The SMILES string of the molecule is O=C(C=CC1=C(N2CCCCC2)Cc2ccccc21)c1ccccc1. The summed E-state index contributed by atoms with van der Waals surface area (Å²) in [7, 11) is 0. The molecule has 0 amide bonds. The van der Waals surface area contributed by atoms with Gasteiger partial charge in [0.25, 0.3) is 0 Å². The number of benzene rings is 2. The number of likely N-dealkylation sites (tertiary alicyclic amines) is 1. The van der Waals surface area contributed by atoms with Crippen LogP contribution in [0.1, 0.15) is 40.7 Å². The summed E-state index contributed by atoms with van der Waals surface area (Å²) in [5, 5.41) is 0. The van der Waals surface area contributed by atoms with Gasteiger partial charge in [0.2, 0.25) is 0 Å². The Labute approximate surface area is 149 Å². The second kappa shape index (κ2) is 7.10. The third kappa shape index (κ3) is 3.30. The van der Waals surface area contributed by atoms with Crippen molar-refractivity contribution in [3.05, 3.63) is 89.1 Å². The number of ketones is 1. The van der Waals surface area contributed by atoms with Crippen molar-refractivity contribution in [1.29, 1.82) is 0 Å². The van der Waals surface area contributed by atoms with Crippen molar-refractivity contribution in [3.63, 3.8) is 0 Å². The fourth-order valence-electron chi connectivity index (χ4n) is 3.86. The Morgan fingerprint density at radius 3 is 2.40 bits per heavy atom. The Morgan fingerprint density at radius 1 is 0.880 bits per heavy atom. The van der Waals surface area contributed by atoms with Gasteiger partial charge in [-0.25, -0.2) is 0 Å². The van der Waals surface area contributed by atoms with E-state index in [1.54, 1.807) is 6.08 Å². The molecule has 2 aromatic carbocycles. The lowest BCUT2D eigenvalue weighted by Gasteiger charge is -2.30. The van der Waals surface area contributed by atoms with E-state index in [4.69, 9.17) is 0 Å². The molecule has 0 aromatic heterocycles. The molecule has 0 spiro atoms. The molecule has 2 heteroatoms. The van der Waals surface area contributed by atoms with E-state index in [1.807, 2.05) is 36.4 Å². The number of hydrogen-bond acceptors (Lipinski definition) is 2. The molecule has 0 atom stereocenters. The van der Waals surface area contributed by atoms with Gasteiger partial charge in [0, 0.05) is 36.3 Å². The van der Waals surface area contributed by atoms with Crippen molar-refractivity contribution in [2.24, 2.45) is 0 Å². The summed E-state index contributed by atoms with van der Waals surface area (Å²) in [4.78, 5) is 15.0. The molecule has 2 nitrogen and oxygen atoms in total. The molecule has 1 aliphatic heterocycles. The Hall–Kier alpha value is -2.61. The summed E-state index contributed by atoms with van der Waals surface area (Å²) in [6.45, 7) is 2.26. The van der Waals surface area contributed by atoms with Gasteiger partial charge < -0.3 is 4.90 Å². The third-order valence-electron chi connectivity index (χ3n) is 5.17. The summed E-state index contributed by atoms with van der Waals surface area (Å²) >= 11 is 0. The van der Waals surface area contributed by atoms with Gasteiger partial charge in [-0.3, -0.25) is 4.79 Å². The molecule has 1 heterocycles. The van der Waals surface area contributed by atoms with Crippen LogP contribution in [0.2, 0.25) is 0 Å². The molecular weight excluding hydrogens is 306 g/mol. The van der Waals surface area contributed by atoms with Gasteiger partial charge in [-0.05, 0) is 42.5 Å². The number of rotatable bonds is 4. The summed E-state index contributed by atoms with van der Waals surface area (Å²) < 4.78 is 0. The Bertz CT molecular complexity index is 826. The average molecular weight is 329 g/mol. The van der Waals surface area contributed by atoms with Crippen molar-refractivity contribution in [2.75, 3.05) is 13.1 Å². The van der Waals surface area contributed by atoms with E-state index in [0.717, 1.165) is 25.1 Å². The Kier molecular flexibility index (Phi) is 4.51. The first kappa shape index (κ1) is 15.9. The van der Waals surface area contributed by atoms with Crippen molar-refractivity contribution in [2.45, 2.75) is 25.7 Å². The second-order valence-corrected chi connectivity index (χ2v) is 6.81. The van der Waals surface area contributed by atoms with Crippen LogP contribution in [0.25, 0.3) is 5.57 Å². The van der Waals surface area contributed by atoms with Crippen LogP contribution in [0.3, 0.4) is 0 Å². The zero-order valence-corrected chi connectivity index (χ0v) is 14.4. The van der Waals surface area contributed by atoms with E-state index < -0.39 is 0 Å². The van der Waals surface area contributed by atoms with Crippen molar-refractivity contribution >= 4 is 11.4 Å². The third-order valence-corrected chi connectivity index (χ3v) is 5.17. The summed E-state index contributed by atoms with van der Waals surface area (Å²) in [5.74, 6) is 0.0653.